The van der Waals surface area contributed by atoms with E-state index >= 15 is 0 Å². The van der Waals surface area contributed by atoms with Gasteiger partial charge in [0.15, 0.2) is 0 Å². The second kappa shape index (κ2) is 4.74. The van der Waals surface area contributed by atoms with Crippen molar-refractivity contribution in [3.8, 4) is 0 Å². The third kappa shape index (κ3) is 7.18. The largest absolute Gasteiger partial charge is 0.726 e. The molecule has 1 aromatic rings. The first-order valence-corrected chi connectivity index (χ1v) is 4.35. The predicted octanol–water partition coefficient (Wildman–Crippen LogP) is -2.49. The Hall–Kier alpha value is -1.19. The maximum absolute atomic E-state index is 9.22. The van der Waals surface area contributed by atoms with Gasteiger partial charge >= 0.3 is 0 Å². The molecular weight excluding hydrogens is 200 g/mol. The number of hydrogen-bond acceptors (Lipinski definition) is 6. The average molecular weight is 210 g/mol. The SMILES string of the molecule is COS(=O)(=O)[O-].Cn1c[n+](N)cn1. The first-order chi connectivity index (χ1) is 5.85. The van der Waals surface area contributed by atoms with Crippen LogP contribution in [0.25, 0.3) is 0 Å². The highest BCUT2D eigenvalue weighted by Crippen LogP contribution is 1.74. The van der Waals surface area contributed by atoms with Crippen molar-refractivity contribution in [2.45, 2.75) is 0 Å². The smallest absolute Gasteiger partial charge is 0.286 e. The van der Waals surface area contributed by atoms with E-state index in [0.717, 1.165) is 7.11 Å². The molecule has 0 saturated carbocycles. The van der Waals surface area contributed by atoms with Gasteiger partial charge in [-0.1, -0.05) is 0 Å². The molecule has 0 aromatic carbocycles. The van der Waals surface area contributed by atoms with Crippen molar-refractivity contribution in [1.29, 1.82) is 0 Å². The minimum absolute atomic E-state index is 0.808. The van der Waals surface area contributed by atoms with E-state index in [9.17, 15) is 13.0 Å². The lowest BCUT2D eigenvalue weighted by Crippen LogP contribution is -2.41. The molecule has 0 atom stereocenters. The van der Waals surface area contributed by atoms with Crippen molar-refractivity contribution in [3.63, 3.8) is 0 Å². The Morgan fingerprint density at radius 1 is 1.69 bits per heavy atom. The lowest BCUT2D eigenvalue weighted by atomic mass is 11.2. The van der Waals surface area contributed by atoms with Gasteiger partial charge in [-0.15, -0.1) is 9.36 Å². The summed E-state index contributed by atoms with van der Waals surface area (Å²) in [5.74, 6) is 5.21. The Kier molecular flexibility index (Phi) is 4.31. The van der Waals surface area contributed by atoms with Crippen LogP contribution in [0.2, 0.25) is 0 Å². The van der Waals surface area contributed by atoms with Gasteiger partial charge in [0.25, 0.3) is 6.33 Å². The molecule has 0 aliphatic heterocycles. The molecule has 0 saturated heterocycles. The van der Waals surface area contributed by atoms with Gasteiger partial charge in [0, 0.05) is 5.10 Å². The highest BCUT2D eigenvalue weighted by molar-refractivity contribution is 7.80. The quantitative estimate of drug-likeness (QED) is 0.237. The Morgan fingerprint density at radius 3 is 2.23 bits per heavy atom. The van der Waals surface area contributed by atoms with Crippen LogP contribution < -0.4 is 10.5 Å². The van der Waals surface area contributed by atoms with Gasteiger partial charge in [0.2, 0.25) is 16.7 Å². The molecule has 0 amide bonds. The number of rotatable bonds is 1. The van der Waals surface area contributed by atoms with Crippen molar-refractivity contribution in [2.75, 3.05) is 13.0 Å². The standard InChI is InChI=1S/C3H7N4.CH4O4S/c1-6-3-7(4)2-5-6;1-5-6(2,3)4/h2-3H,4H2,1H3;1H3,(H,2,3,4)/q+1;/p-1. The number of nitrogens with two attached hydrogens (primary N) is 1. The molecule has 2 N–H and O–H groups in total. The molecule has 9 heteroatoms. The zero-order chi connectivity index (χ0) is 10.5. The molecule has 1 aromatic heterocycles. The van der Waals surface area contributed by atoms with Crippen LogP contribution >= 0.6 is 0 Å². The molecular formula is C4H10N4O4S. The molecule has 0 aliphatic carbocycles. The number of aromatic nitrogens is 3. The Labute approximate surface area is 75.5 Å². The third-order valence-electron chi connectivity index (χ3n) is 0.872. The Bertz CT molecular complexity index is 328. The fourth-order valence-electron chi connectivity index (χ4n) is 0.394. The summed E-state index contributed by atoms with van der Waals surface area (Å²) in [5, 5.41) is 3.77. The molecule has 0 radical (unpaired) electrons. The van der Waals surface area contributed by atoms with Crippen molar-refractivity contribution < 1.29 is 21.8 Å². The van der Waals surface area contributed by atoms with E-state index in [2.05, 4.69) is 9.28 Å². The van der Waals surface area contributed by atoms with Crippen molar-refractivity contribution in [1.82, 2.24) is 9.78 Å². The van der Waals surface area contributed by atoms with Crippen LogP contribution in [0, 0.1) is 0 Å². The van der Waals surface area contributed by atoms with E-state index in [1.165, 1.54) is 11.0 Å². The first kappa shape index (κ1) is 11.8. The van der Waals surface area contributed by atoms with Gasteiger partial charge in [0.1, 0.15) is 0 Å². The van der Waals surface area contributed by atoms with Crippen molar-refractivity contribution in [3.05, 3.63) is 12.7 Å². The highest BCUT2D eigenvalue weighted by Gasteiger charge is 1.91. The second-order valence-electron chi connectivity index (χ2n) is 1.94. The van der Waals surface area contributed by atoms with Gasteiger partial charge in [0.05, 0.1) is 14.2 Å². The lowest BCUT2D eigenvalue weighted by Gasteiger charge is -1.98. The maximum atomic E-state index is 9.22. The summed E-state index contributed by atoms with van der Waals surface area (Å²) in [4.78, 5) is 0. The molecule has 0 unspecified atom stereocenters. The van der Waals surface area contributed by atoms with Crippen LogP contribution in [0.1, 0.15) is 0 Å². The van der Waals surface area contributed by atoms with Gasteiger partial charge < -0.3 is 4.55 Å². The predicted molar refractivity (Wildman–Crippen MR) is 40.3 cm³/mol. The van der Waals surface area contributed by atoms with E-state index in [0.29, 0.717) is 0 Å². The molecule has 8 nitrogen and oxygen atoms in total. The highest BCUT2D eigenvalue weighted by atomic mass is 32.3. The van der Waals surface area contributed by atoms with Crippen LogP contribution in [0.5, 0.6) is 0 Å². The zero-order valence-electron chi connectivity index (χ0n) is 7.11. The number of hydrogen-bond donors (Lipinski definition) is 1. The summed E-state index contributed by atoms with van der Waals surface area (Å²) in [7, 11) is -1.80. The van der Waals surface area contributed by atoms with Crippen LogP contribution in [0.3, 0.4) is 0 Å². The second-order valence-corrected chi connectivity index (χ2v) is 3.09. The minimum Gasteiger partial charge on any atom is -0.726 e. The van der Waals surface area contributed by atoms with Crippen molar-refractivity contribution >= 4 is 10.4 Å². The average Bonchev–Trinajstić information content (AvgIpc) is 2.34. The molecule has 0 aliphatic rings. The lowest BCUT2D eigenvalue weighted by molar-refractivity contribution is -0.639. The van der Waals surface area contributed by atoms with Gasteiger partial charge in [-0.05, 0) is 0 Å². The molecule has 0 bridgehead atoms. The maximum Gasteiger partial charge on any atom is 0.286 e. The van der Waals surface area contributed by atoms with Crippen LogP contribution in [0.4, 0.5) is 0 Å². The van der Waals surface area contributed by atoms with E-state index in [-0.39, 0.29) is 0 Å². The number of aryl methyl sites for hydroxylation is 1. The van der Waals surface area contributed by atoms with Crippen LogP contribution in [-0.2, 0) is 21.6 Å². The number of nitrogens with zero attached hydrogens (tertiary/aromatic N) is 3. The van der Waals surface area contributed by atoms with E-state index in [1.807, 2.05) is 7.05 Å². The molecule has 0 fully saturated rings. The number of nitrogen functional groups attached to an aromatic ring is 1. The Morgan fingerprint density at radius 2 is 2.15 bits per heavy atom. The molecule has 76 valence electrons. The topological polar surface area (TPSA) is 114 Å². The third-order valence-corrected chi connectivity index (χ3v) is 1.28. The molecule has 0 spiro atoms. The summed E-state index contributed by atoms with van der Waals surface area (Å²) in [5.41, 5.74) is 0. The fraction of sp³-hybridized carbons (Fsp3) is 0.500. The molecule has 1 rings (SSSR count). The summed E-state index contributed by atoms with van der Waals surface area (Å²) < 4.78 is 34.0. The van der Waals surface area contributed by atoms with Gasteiger partial charge in [-0.25, -0.2) is 8.42 Å². The monoisotopic (exact) mass is 210 g/mol. The summed E-state index contributed by atoms with van der Waals surface area (Å²) in [6.45, 7) is 0. The van der Waals surface area contributed by atoms with Gasteiger partial charge in [-0.2, -0.15) is 0 Å². The fourth-order valence-corrected chi connectivity index (χ4v) is 0.394. The molecule has 1 heterocycles. The normalized spacial score (nSPS) is 10.4. The Balaban J connectivity index is 0.000000226. The minimum atomic E-state index is -4.41. The van der Waals surface area contributed by atoms with Crippen LogP contribution in [-0.4, -0.2) is 29.9 Å². The molecule has 13 heavy (non-hydrogen) atoms. The van der Waals surface area contributed by atoms with Gasteiger partial charge in [-0.3, -0.25) is 10.0 Å². The van der Waals surface area contributed by atoms with E-state index in [1.54, 1.807) is 11.0 Å². The summed E-state index contributed by atoms with van der Waals surface area (Å²) in [6.07, 6.45) is 3.19. The van der Waals surface area contributed by atoms with Crippen LogP contribution in [0.15, 0.2) is 12.7 Å². The van der Waals surface area contributed by atoms with E-state index < -0.39 is 10.4 Å². The summed E-state index contributed by atoms with van der Waals surface area (Å²) >= 11 is 0. The van der Waals surface area contributed by atoms with Crippen molar-refractivity contribution in [2.24, 2.45) is 7.05 Å². The first-order valence-electron chi connectivity index (χ1n) is 3.01. The summed E-state index contributed by atoms with van der Waals surface area (Å²) in [6, 6.07) is 0. The van der Waals surface area contributed by atoms with E-state index in [4.69, 9.17) is 5.84 Å². The zero-order valence-corrected chi connectivity index (χ0v) is 7.93.